The lowest BCUT2D eigenvalue weighted by Gasteiger charge is -2.30. The summed E-state index contributed by atoms with van der Waals surface area (Å²) in [6, 6.07) is 11.0. The highest BCUT2D eigenvalue weighted by atomic mass is 15.4. The maximum absolute atomic E-state index is 4.70. The number of nitrogens with one attached hydrogen (secondary N) is 2. The van der Waals surface area contributed by atoms with E-state index < -0.39 is 0 Å². The summed E-state index contributed by atoms with van der Waals surface area (Å²) in [5, 5.41) is 10.9. The molecule has 5 nitrogen and oxygen atoms in total. The quantitative estimate of drug-likeness (QED) is 0.903. The van der Waals surface area contributed by atoms with Crippen molar-refractivity contribution in [1.82, 2.24) is 20.5 Å². The van der Waals surface area contributed by atoms with Crippen molar-refractivity contribution in [2.45, 2.75) is 31.7 Å². The van der Waals surface area contributed by atoms with Gasteiger partial charge in [-0.1, -0.05) is 37.3 Å². The molecule has 1 aliphatic heterocycles. The second-order valence-electron chi connectivity index (χ2n) is 5.70. The van der Waals surface area contributed by atoms with Crippen molar-refractivity contribution in [3.8, 4) is 0 Å². The van der Waals surface area contributed by atoms with E-state index in [4.69, 9.17) is 4.98 Å². The number of hydrogen-bond acceptors (Lipinski definition) is 4. The predicted octanol–water partition coefficient (Wildman–Crippen LogP) is 2.14. The SMILES string of the molecule is CNC1CCN(c2n[nH]c(C(C)c3ccccc3)n2)CC1. The van der Waals surface area contributed by atoms with Gasteiger partial charge < -0.3 is 10.2 Å². The van der Waals surface area contributed by atoms with Gasteiger partial charge in [0.1, 0.15) is 5.82 Å². The first-order chi connectivity index (χ1) is 10.3. The highest BCUT2D eigenvalue weighted by molar-refractivity contribution is 5.32. The third kappa shape index (κ3) is 3.08. The van der Waals surface area contributed by atoms with Crippen LogP contribution in [0.15, 0.2) is 30.3 Å². The third-order valence-corrected chi connectivity index (χ3v) is 4.39. The summed E-state index contributed by atoms with van der Waals surface area (Å²) >= 11 is 0. The predicted molar refractivity (Wildman–Crippen MR) is 84.6 cm³/mol. The minimum atomic E-state index is 0.238. The second-order valence-corrected chi connectivity index (χ2v) is 5.70. The summed E-state index contributed by atoms with van der Waals surface area (Å²) in [6.07, 6.45) is 2.29. The molecule has 1 atom stereocenters. The lowest BCUT2D eigenvalue weighted by atomic mass is 10.0. The average Bonchev–Trinajstić information content (AvgIpc) is 3.05. The summed E-state index contributed by atoms with van der Waals surface area (Å²) in [5.74, 6) is 2.01. The molecule has 1 aromatic heterocycles. The van der Waals surface area contributed by atoms with Crippen molar-refractivity contribution in [2.75, 3.05) is 25.0 Å². The zero-order valence-electron chi connectivity index (χ0n) is 12.7. The van der Waals surface area contributed by atoms with E-state index in [1.54, 1.807) is 0 Å². The number of hydrogen-bond donors (Lipinski definition) is 2. The Kier molecular flexibility index (Phi) is 4.20. The lowest BCUT2D eigenvalue weighted by Crippen LogP contribution is -2.41. The molecule has 0 radical (unpaired) electrons. The number of rotatable bonds is 4. The number of aromatic nitrogens is 3. The number of piperidine rings is 1. The molecule has 1 unspecified atom stereocenters. The van der Waals surface area contributed by atoms with E-state index in [0.29, 0.717) is 6.04 Å². The third-order valence-electron chi connectivity index (χ3n) is 4.39. The number of aromatic amines is 1. The molecule has 1 aliphatic rings. The number of H-pyrrole nitrogens is 1. The first kappa shape index (κ1) is 14.1. The minimum absolute atomic E-state index is 0.238. The van der Waals surface area contributed by atoms with Gasteiger partial charge in [-0.25, -0.2) is 0 Å². The topological polar surface area (TPSA) is 56.8 Å². The number of benzene rings is 1. The summed E-state index contributed by atoms with van der Waals surface area (Å²) < 4.78 is 0. The van der Waals surface area contributed by atoms with Crippen molar-refractivity contribution in [3.63, 3.8) is 0 Å². The van der Waals surface area contributed by atoms with Crippen molar-refractivity contribution in [1.29, 1.82) is 0 Å². The monoisotopic (exact) mass is 285 g/mol. The van der Waals surface area contributed by atoms with E-state index >= 15 is 0 Å². The highest BCUT2D eigenvalue weighted by Gasteiger charge is 2.22. The molecule has 1 aromatic carbocycles. The summed E-state index contributed by atoms with van der Waals surface area (Å²) in [7, 11) is 2.03. The van der Waals surface area contributed by atoms with Crippen molar-refractivity contribution >= 4 is 5.95 Å². The van der Waals surface area contributed by atoms with E-state index in [0.717, 1.165) is 37.7 Å². The summed E-state index contributed by atoms with van der Waals surface area (Å²) in [6.45, 7) is 4.19. The molecule has 2 N–H and O–H groups in total. The average molecular weight is 285 g/mol. The molecule has 112 valence electrons. The molecule has 2 heterocycles. The molecule has 3 rings (SSSR count). The molecule has 0 spiro atoms. The van der Waals surface area contributed by atoms with Crippen LogP contribution in [0, 0.1) is 0 Å². The van der Waals surface area contributed by atoms with Gasteiger partial charge in [-0.3, -0.25) is 5.10 Å². The van der Waals surface area contributed by atoms with Gasteiger partial charge in [-0.05, 0) is 25.5 Å². The molecular formula is C16H23N5. The Hall–Kier alpha value is -1.88. The number of anilines is 1. The van der Waals surface area contributed by atoms with Gasteiger partial charge in [-0.15, -0.1) is 5.10 Å². The van der Waals surface area contributed by atoms with Crippen LogP contribution in [0.5, 0.6) is 0 Å². The maximum atomic E-state index is 4.70. The second kappa shape index (κ2) is 6.26. The molecule has 0 amide bonds. The van der Waals surface area contributed by atoms with Crippen LogP contribution in [0.25, 0.3) is 0 Å². The Morgan fingerprint density at radius 2 is 1.95 bits per heavy atom. The Morgan fingerprint density at radius 1 is 1.24 bits per heavy atom. The molecule has 21 heavy (non-hydrogen) atoms. The van der Waals surface area contributed by atoms with Crippen LogP contribution in [0.1, 0.15) is 37.1 Å². The molecule has 2 aromatic rings. The molecule has 1 saturated heterocycles. The molecule has 0 bridgehead atoms. The minimum Gasteiger partial charge on any atom is -0.339 e. The molecule has 0 saturated carbocycles. The van der Waals surface area contributed by atoms with E-state index in [1.165, 1.54) is 5.56 Å². The van der Waals surface area contributed by atoms with Gasteiger partial charge in [0.05, 0.1) is 0 Å². The fraction of sp³-hybridized carbons (Fsp3) is 0.500. The first-order valence-corrected chi connectivity index (χ1v) is 7.67. The van der Waals surface area contributed by atoms with E-state index in [9.17, 15) is 0 Å². The van der Waals surface area contributed by atoms with E-state index in [2.05, 4.69) is 51.6 Å². The normalized spacial score (nSPS) is 17.9. The Balaban J connectivity index is 1.69. The first-order valence-electron chi connectivity index (χ1n) is 7.67. The van der Waals surface area contributed by atoms with Crippen LogP contribution in [0.3, 0.4) is 0 Å². The van der Waals surface area contributed by atoms with E-state index in [-0.39, 0.29) is 5.92 Å². The Bertz CT molecular complexity index is 557. The van der Waals surface area contributed by atoms with Gasteiger partial charge in [-0.2, -0.15) is 4.98 Å². The van der Waals surface area contributed by atoms with Gasteiger partial charge in [0.15, 0.2) is 0 Å². The van der Waals surface area contributed by atoms with Crippen LogP contribution in [-0.2, 0) is 0 Å². The lowest BCUT2D eigenvalue weighted by molar-refractivity contribution is 0.439. The fourth-order valence-electron chi connectivity index (χ4n) is 2.87. The van der Waals surface area contributed by atoms with Crippen LogP contribution < -0.4 is 10.2 Å². The molecular weight excluding hydrogens is 262 g/mol. The van der Waals surface area contributed by atoms with Crippen LogP contribution in [0.2, 0.25) is 0 Å². The van der Waals surface area contributed by atoms with Gasteiger partial charge in [0.2, 0.25) is 5.95 Å². The zero-order chi connectivity index (χ0) is 14.7. The van der Waals surface area contributed by atoms with Crippen molar-refractivity contribution in [2.24, 2.45) is 0 Å². The van der Waals surface area contributed by atoms with Crippen LogP contribution in [0.4, 0.5) is 5.95 Å². The van der Waals surface area contributed by atoms with E-state index in [1.807, 2.05) is 13.1 Å². The fourth-order valence-corrected chi connectivity index (χ4v) is 2.87. The largest absolute Gasteiger partial charge is 0.339 e. The van der Waals surface area contributed by atoms with Gasteiger partial charge >= 0.3 is 0 Å². The zero-order valence-corrected chi connectivity index (χ0v) is 12.7. The van der Waals surface area contributed by atoms with Gasteiger partial charge in [0, 0.05) is 25.0 Å². The van der Waals surface area contributed by atoms with Gasteiger partial charge in [0.25, 0.3) is 0 Å². The van der Waals surface area contributed by atoms with Crippen LogP contribution in [-0.4, -0.2) is 41.4 Å². The van der Waals surface area contributed by atoms with Crippen LogP contribution >= 0.6 is 0 Å². The molecule has 5 heteroatoms. The number of nitrogens with zero attached hydrogens (tertiary/aromatic N) is 3. The Morgan fingerprint density at radius 3 is 2.62 bits per heavy atom. The molecule has 1 fully saturated rings. The Labute approximate surface area is 125 Å². The van der Waals surface area contributed by atoms with Crippen molar-refractivity contribution < 1.29 is 0 Å². The summed E-state index contributed by atoms with van der Waals surface area (Å²) in [4.78, 5) is 6.97. The standard InChI is InChI=1S/C16H23N5/c1-12(13-6-4-3-5-7-13)15-18-16(20-19-15)21-10-8-14(17-2)9-11-21/h3-7,12,14,17H,8-11H2,1-2H3,(H,18,19,20). The highest BCUT2D eigenvalue weighted by Crippen LogP contribution is 2.23. The smallest absolute Gasteiger partial charge is 0.244 e. The summed E-state index contributed by atoms with van der Waals surface area (Å²) in [5.41, 5.74) is 1.26. The van der Waals surface area contributed by atoms with Crippen molar-refractivity contribution in [3.05, 3.63) is 41.7 Å². The molecule has 0 aliphatic carbocycles. The maximum Gasteiger partial charge on any atom is 0.244 e.